The summed E-state index contributed by atoms with van der Waals surface area (Å²) in [6, 6.07) is 3.70. The molecule has 1 aromatic rings. The molecule has 0 aromatic heterocycles. The van der Waals surface area contributed by atoms with Gasteiger partial charge in [-0.1, -0.05) is 12.8 Å². The van der Waals surface area contributed by atoms with Crippen molar-refractivity contribution in [2.75, 3.05) is 12.3 Å². The highest BCUT2D eigenvalue weighted by molar-refractivity contribution is 5.94. The summed E-state index contributed by atoms with van der Waals surface area (Å²) < 4.78 is 18.0. The number of rotatable bonds is 3. The van der Waals surface area contributed by atoms with E-state index < -0.39 is 11.8 Å². The van der Waals surface area contributed by atoms with Crippen LogP contribution in [-0.2, 0) is 4.74 Å². The van der Waals surface area contributed by atoms with Gasteiger partial charge in [-0.25, -0.2) is 9.18 Å². The van der Waals surface area contributed by atoms with Crippen LogP contribution in [-0.4, -0.2) is 12.6 Å². The van der Waals surface area contributed by atoms with Gasteiger partial charge in [-0.3, -0.25) is 0 Å². The zero-order valence-corrected chi connectivity index (χ0v) is 9.62. The first-order valence-corrected chi connectivity index (χ1v) is 5.89. The lowest BCUT2D eigenvalue weighted by Gasteiger charge is -2.11. The van der Waals surface area contributed by atoms with E-state index in [0.717, 1.165) is 18.9 Å². The minimum Gasteiger partial charge on any atom is -0.462 e. The van der Waals surface area contributed by atoms with E-state index in [9.17, 15) is 9.18 Å². The molecular formula is C13H16FNO2. The van der Waals surface area contributed by atoms with Crippen molar-refractivity contribution in [2.24, 2.45) is 5.92 Å². The highest BCUT2D eigenvalue weighted by Crippen LogP contribution is 2.25. The van der Waals surface area contributed by atoms with E-state index in [0.29, 0.717) is 12.5 Å². The third-order valence-electron chi connectivity index (χ3n) is 3.16. The first-order valence-electron chi connectivity index (χ1n) is 5.89. The number of halogens is 1. The highest BCUT2D eigenvalue weighted by atomic mass is 19.1. The Kier molecular flexibility index (Phi) is 3.61. The zero-order valence-electron chi connectivity index (χ0n) is 9.62. The van der Waals surface area contributed by atoms with Crippen molar-refractivity contribution >= 4 is 11.7 Å². The van der Waals surface area contributed by atoms with Crippen molar-refractivity contribution in [3.63, 3.8) is 0 Å². The summed E-state index contributed by atoms with van der Waals surface area (Å²) in [6.45, 7) is 0.440. The SMILES string of the molecule is Nc1cc(F)ccc1C(=O)OCC1CCCC1. The number of nitrogen functional groups attached to an aromatic ring is 1. The summed E-state index contributed by atoms with van der Waals surface area (Å²) in [5, 5.41) is 0. The molecule has 0 bridgehead atoms. The average molecular weight is 237 g/mol. The summed E-state index contributed by atoms with van der Waals surface area (Å²) in [6.07, 6.45) is 4.65. The van der Waals surface area contributed by atoms with Crippen LogP contribution in [0.3, 0.4) is 0 Å². The van der Waals surface area contributed by atoms with Crippen LogP contribution >= 0.6 is 0 Å². The van der Waals surface area contributed by atoms with E-state index in [1.54, 1.807) is 0 Å². The van der Waals surface area contributed by atoms with Gasteiger partial charge in [0.05, 0.1) is 12.2 Å². The molecule has 2 rings (SSSR count). The Hall–Kier alpha value is -1.58. The molecule has 1 aromatic carbocycles. The van der Waals surface area contributed by atoms with Crippen molar-refractivity contribution in [3.8, 4) is 0 Å². The van der Waals surface area contributed by atoms with Gasteiger partial charge >= 0.3 is 5.97 Å². The molecule has 0 unspecified atom stereocenters. The van der Waals surface area contributed by atoms with E-state index in [-0.39, 0.29) is 11.3 Å². The molecule has 1 saturated carbocycles. The van der Waals surface area contributed by atoms with E-state index in [2.05, 4.69) is 0 Å². The van der Waals surface area contributed by atoms with E-state index in [4.69, 9.17) is 10.5 Å². The average Bonchev–Trinajstić information content (AvgIpc) is 2.78. The number of anilines is 1. The second kappa shape index (κ2) is 5.17. The molecule has 17 heavy (non-hydrogen) atoms. The monoisotopic (exact) mass is 237 g/mol. The Morgan fingerprint density at radius 2 is 2.12 bits per heavy atom. The van der Waals surface area contributed by atoms with Gasteiger partial charge in [-0.2, -0.15) is 0 Å². The molecule has 2 N–H and O–H groups in total. The Bertz CT molecular complexity index is 414. The lowest BCUT2D eigenvalue weighted by molar-refractivity contribution is 0.0444. The van der Waals surface area contributed by atoms with Crippen LogP contribution in [0.25, 0.3) is 0 Å². The van der Waals surface area contributed by atoms with Gasteiger partial charge in [0.1, 0.15) is 5.82 Å². The number of benzene rings is 1. The van der Waals surface area contributed by atoms with Crippen LogP contribution in [0.15, 0.2) is 18.2 Å². The molecule has 3 nitrogen and oxygen atoms in total. The Labute approximate surface area is 99.8 Å². The molecule has 92 valence electrons. The van der Waals surface area contributed by atoms with E-state index >= 15 is 0 Å². The summed E-state index contributed by atoms with van der Waals surface area (Å²) >= 11 is 0. The number of hydrogen-bond acceptors (Lipinski definition) is 3. The molecule has 0 atom stereocenters. The Morgan fingerprint density at radius 1 is 1.41 bits per heavy atom. The maximum Gasteiger partial charge on any atom is 0.340 e. The fourth-order valence-corrected chi connectivity index (χ4v) is 2.17. The standard InChI is InChI=1S/C13H16FNO2/c14-10-5-6-11(12(15)7-10)13(16)17-8-9-3-1-2-4-9/h5-7,9H,1-4,8,15H2. The number of hydrogen-bond donors (Lipinski definition) is 1. The van der Waals surface area contributed by atoms with Crippen LogP contribution in [0.5, 0.6) is 0 Å². The third-order valence-corrected chi connectivity index (χ3v) is 3.16. The van der Waals surface area contributed by atoms with Crippen molar-refractivity contribution in [1.82, 2.24) is 0 Å². The van der Waals surface area contributed by atoms with Crippen LogP contribution in [0.2, 0.25) is 0 Å². The lowest BCUT2D eigenvalue weighted by Crippen LogP contribution is -2.13. The first-order chi connectivity index (χ1) is 8.16. The highest BCUT2D eigenvalue weighted by Gasteiger charge is 2.18. The Morgan fingerprint density at radius 3 is 2.76 bits per heavy atom. The summed E-state index contributed by atoms with van der Waals surface area (Å²) in [5.41, 5.74) is 5.93. The predicted octanol–water partition coefficient (Wildman–Crippen LogP) is 2.75. The number of carbonyl (C=O) groups is 1. The minimum absolute atomic E-state index is 0.126. The molecule has 0 radical (unpaired) electrons. The maximum atomic E-state index is 12.8. The summed E-state index contributed by atoms with van der Waals surface area (Å²) in [5.74, 6) is -0.440. The number of nitrogens with two attached hydrogens (primary N) is 1. The smallest absolute Gasteiger partial charge is 0.340 e. The van der Waals surface area contributed by atoms with Gasteiger partial charge in [-0.15, -0.1) is 0 Å². The fraction of sp³-hybridized carbons (Fsp3) is 0.462. The molecule has 1 fully saturated rings. The van der Waals surface area contributed by atoms with Crippen molar-refractivity contribution in [1.29, 1.82) is 0 Å². The molecular weight excluding hydrogens is 221 g/mol. The van der Waals surface area contributed by atoms with Crippen LogP contribution in [0.1, 0.15) is 36.0 Å². The number of carbonyl (C=O) groups excluding carboxylic acids is 1. The van der Waals surface area contributed by atoms with Gasteiger partial charge in [0, 0.05) is 5.69 Å². The maximum absolute atomic E-state index is 12.8. The van der Waals surface area contributed by atoms with Crippen LogP contribution in [0, 0.1) is 11.7 Å². The fourth-order valence-electron chi connectivity index (χ4n) is 2.17. The zero-order chi connectivity index (χ0) is 12.3. The van der Waals surface area contributed by atoms with Crippen molar-refractivity contribution in [2.45, 2.75) is 25.7 Å². The lowest BCUT2D eigenvalue weighted by atomic mass is 10.1. The summed E-state index contributed by atoms with van der Waals surface area (Å²) in [7, 11) is 0. The molecule has 1 aliphatic carbocycles. The molecule has 0 spiro atoms. The summed E-state index contributed by atoms with van der Waals surface area (Å²) in [4.78, 5) is 11.7. The van der Waals surface area contributed by atoms with Gasteiger partial charge in [0.25, 0.3) is 0 Å². The number of ether oxygens (including phenoxy) is 1. The molecule has 0 aliphatic heterocycles. The predicted molar refractivity (Wildman–Crippen MR) is 63.1 cm³/mol. The molecule has 1 aliphatic rings. The van der Waals surface area contributed by atoms with Gasteiger partial charge in [0.2, 0.25) is 0 Å². The van der Waals surface area contributed by atoms with Gasteiger partial charge in [-0.05, 0) is 37.0 Å². The van der Waals surface area contributed by atoms with Crippen molar-refractivity contribution in [3.05, 3.63) is 29.6 Å². The largest absolute Gasteiger partial charge is 0.462 e. The quantitative estimate of drug-likeness (QED) is 0.649. The molecule has 0 amide bonds. The van der Waals surface area contributed by atoms with Gasteiger partial charge in [0.15, 0.2) is 0 Å². The van der Waals surface area contributed by atoms with Crippen LogP contribution < -0.4 is 5.73 Å². The number of esters is 1. The molecule has 0 heterocycles. The van der Waals surface area contributed by atoms with Crippen molar-refractivity contribution < 1.29 is 13.9 Å². The molecule has 4 heteroatoms. The third kappa shape index (κ3) is 2.96. The van der Waals surface area contributed by atoms with E-state index in [1.165, 1.54) is 25.0 Å². The molecule has 0 saturated heterocycles. The first kappa shape index (κ1) is 11.9. The Balaban J connectivity index is 1.94. The van der Waals surface area contributed by atoms with Crippen LogP contribution in [0.4, 0.5) is 10.1 Å². The minimum atomic E-state index is -0.464. The second-order valence-electron chi connectivity index (χ2n) is 4.48. The second-order valence-corrected chi connectivity index (χ2v) is 4.48. The van der Waals surface area contributed by atoms with Gasteiger partial charge < -0.3 is 10.5 Å². The van der Waals surface area contributed by atoms with E-state index in [1.807, 2.05) is 0 Å². The normalized spacial score (nSPS) is 16.1. The topological polar surface area (TPSA) is 52.3 Å².